The molecule has 0 radical (unpaired) electrons. The maximum Gasteiger partial charge on any atom is 0.311 e. The van der Waals surface area contributed by atoms with Gasteiger partial charge in [-0.25, -0.2) is 0 Å². The molecule has 2 saturated carbocycles. The van der Waals surface area contributed by atoms with E-state index in [4.69, 9.17) is 8.92 Å². The number of fused-ring (bicyclic) bond motifs is 3. The van der Waals surface area contributed by atoms with E-state index in [1.807, 2.05) is 13.8 Å². The van der Waals surface area contributed by atoms with Gasteiger partial charge in [-0.1, -0.05) is 49.6 Å². The molecule has 3 aliphatic rings. The Morgan fingerprint density at radius 3 is 2.38 bits per heavy atom. The Balaban J connectivity index is 1.58. The lowest BCUT2D eigenvalue weighted by Crippen LogP contribution is -2.54. The third-order valence-corrected chi connectivity index (χ3v) is 11.0. The van der Waals surface area contributed by atoms with Gasteiger partial charge in [0.25, 0.3) is 10.1 Å². The van der Waals surface area contributed by atoms with Crippen LogP contribution in [0.3, 0.4) is 0 Å². The number of benzene rings is 1. The Morgan fingerprint density at radius 1 is 1.06 bits per heavy atom. The summed E-state index contributed by atoms with van der Waals surface area (Å²) >= 11 is 0. The van der Waals surface area contributed by atoms with Crippen LogP contribution in [-0.4, -0.2) is 27.6 Å². The molecule has 1 aromatic carbocycles. The van der Waals surface area contributed by atoms with E-state index >= 15 is 0 Å². The van der Waals surface area contributed by atoms with E-state index in [2.05, 4.69) is 26.8 Å². The standard InChI is InChI=1S/C28H40O5S/c1-19-8-11-22(12-9-19)34(30,31)33-20(2)26(3)17-14-23-21(18-26)10-13-24-27(23,4)15-7-16-28(24,5)25(29)32-6/h8-9,11-12,18,20,23-24H,7,10,13-17H2,1-6H3/t20-,23-,24+,26+,27+,28+/m0/s1. The zero-order valence-corrected chi connectivity index (χ0v) is 22.3. The van der Waals surface area contributed by atoms with Crippen molar-refractivity contribution in [3.8, 4) is 0 Å². The predicted octanol–water partition coefficient (Wildman–Crippen LogP) is 6.21. The van der Waals surface area contributed by atoms with Gasteiger partial charge >= 0.3 is 5.97 Å². The van der Waals surface area contributed by atoms with Crippen LogP contribution in [0.2, 0.25) is 0 Å². The topological polar surface area (TPSA) is 69.7 Å². The highest BCUT2D eigenvalue weighted by Gasteiger charge is 2.59. The van der Waals surface area contributed by atoms with Crippen LogP contribution in [0.1, 0.15) is 78.2 Å². The Morgan fingerprint density at radius 2 is 1.74 bits per heavy atom. The first-order valence-corrected chi connectivity index (χ1v) is 14.1. The summed E-state index contributed by atoms with van der Waals surface area (Å²) < 4.78 is 36.9. The van der Waals surface area contributed by atoms with Crippen LogP contribution < -0.4 is 0 Å². The molecule has 0 aromatic heterocycles. The van der Waals surface area contributed by atoms with Crippen molar-refractivity contribution in [3.05, 3.63) is 41.5 Å². The summed E-state index contributed by atoms with van der Waals surface area (Å²) in [4.78, 5) is 13.0. The van der Waals surface area contributed by atoms with Gasteiger partial charge in [-0.3, -0.25) is 8.98 Å². The van der Waals surface area contributed by atoms with Gasteiger partial charge in [-0.15, -0.1) is 0 Å². The number of esters is 1. The van der Waals surface area contributed by atoms with Gasteiger partial charge in [0.15, 0.2) is 0 Å². The van der Waals surface area contributed by atoms with Crippen LogP contribution in [0.25, 0.3) is 0 Å². The third-order valence-electron chi connectivity index (χ3n) is 9.59. The first-order valence-electron chi connectivity index (χ1n) is 12.7. The van der Waals surface area contributed by atoms with E-state index in [0.717, 1.165) is 50.5 Å². The normalized spacial score (nSPS) is 36.6. The van der Waals surface area contributed by atoms with E-state index in [1.165, 1.54) is 12.7 Å². The average Bonchev–Trinajstić information content (AvgIpc) is 2.78. The second-order valence-corrected chi connectivity index (χ2v) is 13.3. The number of rotatable bonds is 5. The van der Waals surface area contributed by atoms with Gasteiger partial charge in [0, 0.05) is 5.41 Å². The van der Waals surface area contributed by atoms with Gasteiger partial charge in [0.2, 0.25) is 0 Å². The van der Waals surface area contributed by atoms with Crippen LogP contribution in [0.15, 0.2) is 40.8 Å². The number of ether oxygens (including phenoxy) is 1. The number of carbonyl (C=O) groups excluding carboxylic acids is 1. The highest BCUT2D eigenvalue weighted by molar-refractivity contribution is 7.86. The average molecular weight is 489 g/mol. The summed E-state index contributed by atoms with van der Waals surface area (Å²) in [5.74, 6) is 0.660. The molecule has 0 amide bonds. The van der Waals surface area contributed by atoms with Crippen molar-refractivity contribution >= 4 is 16.1 Å². The van der Waals surface area contributed by atoms with Crippen LogP contribution in [0.5, 0.6) is 0 Å². The van der Waals surface area contributed by atoms with E-state index in [-0.39, 0.29) is 21.7 Å². The minimum Gasteiger partial charge on any atom is -0.469 e. The van der Waals surface area contributed by atoms with Crippen LogP contribution in [0, 0.1) is 35.0 Å². The Bertz CT molecular complexity index is 1070. The van der Waals surface area contributed by atoms with Crippen molar-refractivity contribution in [3.63, 3.8) is 0 Å². The lowest BCUT2D eigenvalue weighted by molar-refractivity contribution is -0.168. The predicted molar refractivity (Wildman–Crippen MR) is 133 cm³/mol. The number of methoxy groups -OCH3 is 1. The van der Waals surface area contributed by atoms with Crippen molar-refractivity contribution < 1.29 is 22.1 Å². The molecular formula is C28H40O5S. The molecule has 6 heteroatoms. The van der Waals surface area contributed by atoms with E-state index in [0.29, 0.717) is 11.8 Å². The molecule has 188 valence electrons. The monoisotopic (exact) mass is 488 g/mol. The van der Waals surface area contributed by atoms with Gasteiger partial charge in [0.05, 0.1) is 23.5 Å². The molecule has 0 heterocycles. The van der Waals surface area contributed by atoms with Crippen molar-refractivity contribution in [2.45, 2.75) is 90.6 Å². The molecule has 6 atom stereocenters. The molecule has 0 unspecified atom stereocenters. The van der Waals surface area contributed by atoms with Crippen LogP contribution in [-0.2, 0) is 23.8 Å². The fraction of sp³-hybridized carbons (Fsp3) is 0.679. The number of aryl methyl sites for hydroxylation is 1. The molecule has 3 aliphatic carbocycles. The molecule has 5 nitrogen and oxygen atoms in total. The maximum absolute atomic E-state index is 12.9. The smallest absolute Gasteiger partial charge is 0.311 e. The zero-order valence-electron chi connectivity index (χ0n) is 21.5. The molecule has 1 aromatic rings. The quantitative estimate of drug-likeness (QED) is 0.280. The lowest BCUT2D eigenvalue weighted by atomic mass is 9.45. The third kappa shape index (κ3) is 4.15. The minimum absolute atomic E-state index is 0.0602. The summed E-state index contributed by atoms with van der Waals surface area (Å²) in [7, 11) is -2.33. The molecule has 34 heavy (non-hydrogen) atoms. The molecule has 0 bridgehead atoms. The zero-order chi connectivity index (χ0) is 24.9. The van der Waals surface area contributed by atoms with Crippen molar-refractivity contribution in [2.24, 2.45) is 28.1 Å². The van der Waals surface area contributed by atoms with Gasteiger partial charge < -0.3 is 4.74 Å². The summed E-state index contributed by atoms with van der Waals surface area (Å²) in [5.41, 5.74) is 1.71. The largest absolute Gasteiger partial charge is 0.469 e. The molecule has 0 N–H and O–H groups in total. The fourth-order valence-corrected chi connectivity index (χ4v) is 8.56. The Hall–Kier alpha value is -1.66. The number of carbonyl (C=O) groups is 1. The minimum atomic E-state index is -3.83. The van der Waals surface area contributed by atoms with E-state index in [9.17, 15) is 13.2 Å². The first kappa shape index (κ1) is 25.4. The fourth-order valence-electron chi connectivity index (χ4n) is 7.38. The van der Waals surface area contributed by atoms with E-state index in [1.54, 1.807) is 24.3 Å². The molecular weight excluding hydrogens is 448 g/mol. The van der Waals surface area contributed by atoms with Crippen molar-refractivity contribution in [1.82, 2.24) is 0 Å². The number of hydrogen-bond acceptors (Lipinski definition) is 5. The van der Waals surface area contributed by atoms with E-state index < -0.39 is 21.6 Å². The van der Waals surface area contributed by atoms with Gasteiger partial charge in [-0.2, -0.15) is 8.42 Å². The first-order chi connectivity index (χ1) is 15.9. The molecule has 0 aliphatic heterocycles. The molecule has 0 saturated heterocycles. The number of hydrogen-bond donors (Lipinski definition) is 0. The molecule has 0 spiro atoms. The lowest BCUT2D eigenvalue weighted by Gasteiger charge is -2.59. The van der Waals surface area contributed by atoms with Crippen LogP contribution in [0.4, 0.5) is 0 Å². The highest BCUT2D eigenvalue weighted by Crippen LogP contribution is 2.64. The maximum atomic E-state index is 12.9. The Kier molecular flexibility index (Phi) is 6.56. The summed E-state index contributed by atoms with van der Waals surface area (Å²) in [6.07, 6.45) is 8.68. The summed E-state index contributed by atoms with van der Waals surface area (Å²) in [6, 6.07) is 6.81. The van der Waals surface area contributed by atoms with Crippen molar-refractivity contribution in [1.29, 1.82) is 0 Å². The molecule has 2 fully saturated rings. The second kappa shape index (κ2) is 8.77. The van der Waals surface area contributed by atoms with Gasteiger partial charge in [-0.05, 0) is 88.7 Å². The van der Waals surface area contributed by atoms with Crippen molar-refractivity contribution in [2.75, 3.05) is 7.11 Å². The highest BCUT2D eigenvalue weighted by atomic mass is 32.2. The second-order valence-electron chi connectivity index (χ2n) is 11.7. The van der Waals surface area contributed by atoms with Gasteiger partial charge in [0.1, 0.15) is 0 Å². The number of allylic oxidation sites excluding steroid dienone is 1. The Labute approximate surface area is 205 Å². The summed E-state index contributed by atoms with van der Waals surface area (Å²) in [6.45, 7) is 10.4. The van der Waals surface area contributed by atoms with Crippen LogP contribution >= 0.6 is 0 Å². The molecule has 4 rings (SSSR count). The summed E-state index contributed by atoms with van der Waals surface area (Å²) in [5, 5.41) is 0. The SMILES string of the molecule is COC(=O)[C@]1(C)CCC[C@@]2(C)[C@H]1CCC1=C[C@](C)([C@H](C)OS(=O)(=O)c3ccc(C)cc3)CC[C@@H]12.